The highest BCUT2D eigenvalue weighted by atomic mass is 15.0. The Morgan fingerprint density at radius 3 is 1.40 bits per heavy atom. The molecule has 200 valence electrons. The van der Waals surface area contributed by atoms with Gasteiger partial charge in [-0.05, 0) is 79.3 Å². The fraction of sp³-hybridized carbons (Fsp3) is 0. The van der Waals surface area contributed by atoms with E-state index in [9.17, 15) is 0 Å². The van der Waals surface area contributed by atoms with Crippen LogP contribution in [0, 0.1) is 0 Å². The molecule has 43 heavy (non-hydrogen) atoms. The average Bonchev–Trinajstić information content (AvgIpc) is 3.42. The minimum Gasteiger partial charge on any atom is -0.309 e. The second kappa shape index (κ2) is 9.44. The molecular formula is C42H27N. The third-order valence-corrected chi connectivity index (χ3v) is 8.98. The van der Waals surface area contributed by atoms with E-state index in [1.165, 1.54) is 82.1 Å². The van der Waals surface area contributed by atoms with E-state index in [0.29, 0.717) is 0 Å². The smallest absolute Gasteiger partial charge is 0.0541 e. The Labute approximate surface area is 249 Å². The second-order valence-corrected chi connectivity index (χ2v) is 11.3. The first kappa shape index (κ1) is 24.0. The van der Waals surface area contributed by atoms with Crippen molar-refractivity contribution < 1.29 is 0 Å². The summed E-state index contributed by atoms with van der Waals surface area (Å²) in [5.74, 6) is 0. The van der Waals surface area contributed by atoms with Gasteiger partial charge in [-0.2, -0.15) is 0 Å². The molecule has 0 aliphatic heterocycles. The number of nitrogens with zero attached hydrogens (tertiary/aromatic N) is 1. The van der Waals surface area contributed by atoms with E-state index in [2.05, 4.69) is 168 Å². The fourth-order valence-corrected chi connectivity index (χ4v) is 7.05. The molecule has 0 radical (unpaired) electrons. The molecule has 8 aromatic carbocycles. The topological polar surface area (TPSA) is 4.93 Å². The van der Waals surface area contributed by atoms with Gasteiger partial charge in [-0.1, -0.05) is 133 Å². The molecule has 0 saturated heterocycles. The van der Waals surface area contributed by atoms with Crippen molar-refractivity contribution in [3.63, 3.8) is 0 Å². The number of para-hydroxylation sites is 3. The van der Waals surface area contributed by atoms with Crippen LogP contribution in [0.15, 0.2) is 164 Å². The number of rotatable bonds is 3. The Morgan fingerprint density at radius 2 is 0.744 bits per heavy atom. The third kappa shape index (κ3) is 3.65. The monoisotopic (exact) mass is 545 g/mol. The lowest BCUT2D eigenvalue weighted by Crippen LogP contribution is -1.97. The van der Waals surface area contributed by atoms with E-state index in [4.69, 9.17) is 0 Å². The van der Waals surface area contributed by atoms with Crippen molar-refractivity contribution in [2.45, 2.75) is 0 Å². The maximum absolute atomic E-state index is 2.42. The van der Waals surface area contributed by atoms with Crippen LogP contribution in [0.3, 0.4) is 0 Å². The summed E-state index contributed by atoms with van der Waals surface area (Å²) >= 11 is 0. The van der Waals surface area contributed by atoms with Crippen molar-refractivity contribution in [1.82, 2.24) is 4.57 Å². The molecule has 0 saturated carbocycles. The Morgan fingerprint density at radius 1 is 0.279 bits per heavy atom. The van der Waals surface area contributed by atoms with Crippen molar-refractivity contribution in [1.29, 1.82) is 0 Å². The molecule has 0 aliphatic carbocycles. The maximum Gasteiger partial charge on any atom is 0.0541 e. The van der Waals surface area contributed by atoms with Gasteiger partial charge in [-0.15, -0.1) is 0 Å². The average molecular weight is 546 g/mol. The second-order valence-electron chi connectivity index (χ2n) is 11.3. The largest absolute Gasteiger partial charge is 0.309 e. The standard InChI is InChI=1S/C42H27N/c1-2-17-34-32(15-1)33-16-3-4-18-35(33)39-27-29(24-25-36(34)39)28-12-11-13-30(26-28)31-14-5-8-21-40(31)43-41-22-9-6-19-37(41)38-20-7-10-23-42(38)43/h1-27H. The highest BCUT2D eigenvalue weighted by Gasteiger charge is 2.16. The van der Waals surface area contributed by atoms with Gasteiger partial charge < -0.3 is 4.57 Å². The van der Waals surface area contributed by atoms with Gasteiger partial charge in [0.25, 0.3) is 0 Å². The minimum atomic E-state index is 1.19. The molecule has 1 heterocycles. The van der Waals surface area contributed by atoms with Crippen LogP contribution in [0.4, 0.5) is 0 Å². The number of fused-ring (bicyclic) bond motifs is 9. The van der Waals surface area contributed by atoms with E-state index < -0.39 is 0 Å². The van der Waals surface area contributed by atoms with Crippen LogP contribution in [0.2, 0.25) is 0 Å². The van der Waals surface area contributed by atoms with Crippen LogP contribution in [-0.4, -0.2) is 4.57 Å². The van der Waals surface area contributed by atoms with Crippen molar-refractivity contribution in [2.75, 3.05) is 0 Å². The lowest BCUT2D eigenvalue weighted by molar-refractivity contribution is 1.18. The summed E-state index contributed by atoms with van der Waals surface area (Å²) < 4.78 is 2.42. The summed E-state index contributed by atoms with van der Waals surface area (Å²) in [6.45, 7) is 0. The van der Waals surface area contributed by atoms with Crippen molar-refractivity contribution in [3.05, 3.63) is 164 Å². The molecule has 1 nitrogen and oxygen atoms in total. The molecule has 9 rings (SSSR count). The van der Waals surface area contributed by atoms with Gasteiger partial charge in [0, 0.05) is 16.3 Å². The predicted molar refractivity (Wildman–Crippen MR) is 184 cm³/mol. The van der Waals surface area contributed by atoms with Gasteiger partial charge in [-0.3, -0.25) is 0 Å². The summed E-state index contributed by atoms with van der Waals surface area (Å²) in [6.07, 6.45) is 0. The summed E-state index contributed by atoms with van der Waals surface area (Å²) in [4.78, 5) is 0. The van der Waals surface area contributed by atoms with Gasteiger partial charge in [0.1, 0.15) is 0 Å². The highest BCUT2D eigenvalue weighted by molar-refractivity contribution is 6.25. The van der Waals surface area contributed by atoms with Crippen molar-refractivity contribution >= 4 is 54.1 Å². The Balaban J connectivity index is 1.24. The number of hydrogen-bond donors (Lipinski definition) is 0. The fourth-order valence-electron chi connectivity index (χ4n) is 7.05. The lowest BCUT2D eigenvalue weighted by Gasteiger charge is -2.15. The molecule has 0 bridgehead atoms. The number of aromatic nitrogens is 1. The van der Waals surface area contributed by atoms with Gasteiger partial charge in [-0.25, -0.2) is 0 Å². The summed E-state index contributed by atoms with van der Waals surface area (Å²) in [5.41, 5.74) is 8.50. The zero-order valence-corrected chi connectivity index (χ0v) is 23.5. The molecule has 0 fully saturated rings. The van der Waals surface area contributed by atoms with Crippen LogP contribution in [0.5, 0.6) is 0 Å². The molecule has 0 aliphatic rings. The zero-order chi connectivity index (χ0) is 28.3. The Kier molecular flexibility index (Phi) is 5.27. The van der Waals surface area contributed by atoms with Crippen molar-refractivity contribution in [3.8, 4) is 27.9 Å². The van der Waals surface area contributed by atoms with Gasteiger partial charge in [0.15, 0.2) is 0 Å². The molecule has 0 atom stereocenters. The maximum atomic E-state index is 2.42. The highest BCUT2D eigenvalue weighted by Crippen LogP contribution is 2.39. The SMILES string of the molecule is c1cc(-c2ccc3c4ccccc4c4ccccc4c3c2)cc(-c2ccccc2-n2c3ccccc3c3ccccc32)c1. The molecular weight excluding hydrogens is 518 g/mol. The lowest BCUT2D eigenvalue weighted by atomic mass is 9.91. The quantitative estimate of drug-likeness (QED) is 0.195. The van der Waals surface area contributed by atoms with E-state index >= 15 is 0 Å². The van der Waals surface area contributed by atoms with Gasteiger partial charge in [0.05, 0.1) is 16.7 Å². The molecule has 0 N–H and O–H groups in total. The van der Waals surface area contributed by atoms with Crippen LogP contribution in [0.1, 0.15) is 0 Å². The first-order valence-corrected chi connectivity index (χ1v) is 14.9. The van der Waals surface area contributed by atoms with Crippen LogP contribution < -0.4 is 0 Å². The molecule has 1 heteroatoms. The first-order valence-electron chi connectivity index (χ1n) is 14.9. The van der Waals surface area contributed by atoms with E-state index in [1.54, 1.807) is 0 Å². The van der Waals surface area contributed by atoms with Gasteiger partial charge in [0.2, 0.25) is 0 Å². The third-order valence-electron chi connectivity index (χ3n) is 8.98. The molecule has 9 aromatic rings. The predicted octanol–water partition coefficient (Wildman–Crippen LogP) is 11.6. The Bertz CT molecular complexity index is 2420. The van der Waals surface area contributed by atoms with Crippen LogP contribution in [-0.2, 0) is 0 Å². The first-order chi connectivity index (χ1) is 21.3. The summed E-state index contributed by atoms with van der Waals surface area (Å²) in [6, 6.07) is 59.7. The number of benzene rings is 8. The molecule has 0 amide bonds. The molecule has 0 spiro atoms. The van der Waals surface area contributed by atoms with Crippen molar-refractivity contribution in [2.24, 2.45) is 0 Å². The molecule has 0 unspecified atom stereocenters. The van der Waals surface area contributed by atoms with Crippen LogP contribution in [0.25, 0.3) is 82.1 Å². The number of hydrogen-bond acceptors (Lipinski definition) is 0. The minimum absolute atomic E-state index is 1.19. The van der Waals surface area contributed by atoms with Gasteiger partial charge >= 0.3 is 0 Å². The van der Waals surface area contributed by atoms with Crippen LogP contribution >= 0.6 is 0 Å². The summed E-state index contributed by atoms with van der Waals surface area (Å²) in [5, 5.41) is 10.4. The van der Waals surface area contributed by atoms with E-state index in [0.717, 1.165) is 0 Å². The Hall–Kier alpha value is -5.66. The normalized spacial score (nSPS) is 11.7. The molecule has 1 aromatic heterocycles. The zero-order valence-electron chi connectivity index (χ0n) is 23.5. The van der Waals surface area contributed by atoms with E-state index in [1.807, 2.05) is 0 Å². The summed E-state index contributed by atoms with van der Waals surface area (Å²) in [7, 11) is 0. The van der Waals surface area contributed by atoms with E-state index in [-0.39, 0.29) is 0 Å².